The summed E-state index contributed by atoms with van der Waals surface area (Å²) >= 11 is 12.7. The first-order valence-electron chi connectivity index (χ1n) is 8.30. The third-order valence-electron chi connectivity index (χ3n) is 4.33. The Morgan fingerprint density at radius 3 is 2.35 bits per heavy atom. The number of hydrogen-bond acceptors (Lipinski definition) is 1. The van der Waals surface area contributed by atoms with Crippen molar-refractivity contribution >= 4 is 23.2 Å². The van der Waals surface area contributed by atoms with E-state index < -0.39 is 0 Å². The zero-order valence-corrected chi connectivity index (χ0v) is 15.5. The van der Waals surface area contributed by atoms with Crippen LogP contribution in [0, 0.1) is 0 Å². The number of rotatable bonds is 4. The molecule has 4 heteroatoms. The summed E-state index contributed by atoms with van der Waals surface area (Å²) in [5.41, 5.74) is 5.47. The second-order valence-corrected chi connectivity index (χ2v) is 6.95. The van der Waals surface area contributed by atoms with Crippen molar-refractivity contribution in [3.05, 3.63) is 101 Å². The molecule has 0 bridgehead atoms. The van der Waals surface area contributed by atoms with Crippen molar-refractivity contribution in [1.82, 2.24) is 9.55 Å². The van der Waals surface area contributed by atoms with E-state index >= 15 is 0 Å². The van der Waals surface area contributed by atoms with E-state index in [2.05, 4.69) is 29.2 Å². The summed E-state index contributed by atoms with van der Waals surface area (Å²) in [4.78, 5) is 4.08. The van der Waals surface area contributed by atoms with Crippen LogP contribution in [0.2, 0.25) is 10.0 Å². The van der Waals surface area contributed by atoms with Gasteiger partial charge in [0, 0.05) is 34.5 Å². The third-order valence-corrected chi connectivity index (χ3v) is 4.90. The molecule has 0 aliphatic heterocycles. The van der Waals surface area contributed by atoms with Crippen LogP contribution in [0.4, 0.5) is 0 Å². The summed E-state index contributed by atoms with van der Waals surface area (Å²) in [6.45, 7) is 0.804. The predicted octanol–water partition coefficient (Wildman–Crippen LogP) is 6.57. The van der Waals surface area contributed by atoms with E-state index in [-0.39, 0.29) is 0 Å². The molecular formula is C22H16Cl2N2. The van der Waals surface area contributed by atoms with Crippen molar-refractivity contribution in [2.24, 2.45) is 0 Å². The number of halogens is 2. The lowest BCUT2D eigenvalue weighted by atomic mass is 9.94. The molecule has 4 aromatic rings. The summed E-state index contributed by atoms with van der Waals surface area (Å²) in [5, 5.41) is 1.41. The van der Waals surface area contributed by atoms with E-state index in [9.17, 15) is 0 Å². The van der Waals surface area contributed by atoms with Crippen LogP contribution in [-0.4, -0.2) is 9.55 Å². The molecule has 0 aliphatic carbocycles. The maximum absolute atomic E-state index is 6.42. The van der Waals surface area contributed by atoms with E-state index in [0.717, 1.165) is 28.8 Å². The van der Waals surface area contributed by atoms with E-state index in [1.807, 2.05) is 59.6 Å². The van der Waals surface area contributed by atoms with Gasteiger partial charge in [-0.1, -0.05) is 71.7 Å². The smallest absolute Gasteiger partial charge is 0.0949 e. The molecule has 0 fully saturated rings. The first kappa shape index (κ1) is 16.9. The van der Waals surface area contributed by atoms with E-state index in [1.54, 1.807) is 6.20 Å². The Labute approximate surface area is 162 Å². The van der Waals surface area contributed by atoms with Gasteiger partial charge in [-0.3, -0.25) is 0 Å². The van der Waals surface area contributed by atoms with Crippen molar-refractivity contribution < 1.29 is 0 Å². The highest BCUT2D eigenvalue weighted by Gasteiger charge is 2.11. The van der Waals surface area contributed by atoms with E-state index in [1.165, 1.54) is 5.56 Å². The zero-order chi connectivity index (χ0) is 17.9. The van der Waals surface area contributed by atoms with Gasteiger partial charge in [0.2, 0.25) is 0 Å². The minimum atomic E-state index is 0.695. The van der Waals surface area contributed by atoms with E-state index in [0.29, 0.717) is 10.0 Å². The molecule has 0 saturated carbocycles. The predicted molar refractivity (Wildman–Crippen MR) is 109 cm³/mol. The van der Waals surface area contributed by atoms with Crippen LogP contribution in [0.5, 0.6) is 0 Å². The second-order valence-electron chi connectivity index (χ2n) is 6.10. The largest absolute Gasteiger partial charge is 0.333 e. The molecule has 0 N–H and O–H groups in total. The summed E-state index contributed by atoms with van der Waals surface area (Å²) in [6.07, 6.45) is 5.57. The summed E-state index contributed by atoms with van der Waals surface area (Å²) in [7, 11) is 0. The van der Waals surface area contributed by atoms with Crippen LogP contribution >= 0.6 is 23.2 Å². The maximum Gasteiger partial charge on any atom is 0.0949 e. The summed E-state index contributed by atoms with van der Waals surface area (Å²) < 4.78 is 2.05. The molecule has 1 heterocycles. The van der Waals surface area contributed by atoms with Crippen LogP contribution in [-0.2, 0) is 6.54 Å². The number of hydrogen-bond donors (Lipinski definition) is 0. The number of aromatic nitrogens is 2. The van der Waals surface area contributed by atoms with Gasteiger partial charge in [-0.2, -0.15) is 0 Å². The van der Waals surface area contributed by atoms with E-state index in [4.69, 9.17) is 23.2 Å². The lowest BCUT2D eigenvalue weighted by Crippen LogP contribution is -1.96. The molecule has 26 heavy (non-hydrogen) atoms. The topological polar surface area (TPSA) is 17.8 Å². The van der Waals surface area contributed by atoms with Gasteiger partial charge in [-0.15, -0.1) is 0 Å². The zero-order valence-electron chi connectivity index (χ0n) is 13.9. The standard InChI is InChI=1S/C22H16Cl2N2/c23-18-9-10-19(21(13-18)20-3-1-2-4-22(20)24)17-7-5-16(6-8-17)14-26-12-11-25-15-26/h1-13,15H,14H2. The first-order chi connectivity index (χ1) is 12.7. The van der Waals surface area contributed by atoms with Gasteiger partial charge in [-0.05, 0) is 40.5 Å². The van der Waals surface area contributed by atoms with Crippen LogP contribution < -0.4 is 0 Å². The minimum absolute atomic E-state index is 0.695. The van der Waals surface area contributed by atoms with Gasteiger partial charge >= 0.3 is 0 Å². The summed E-state index contributed by atoms with van der Waals surface area (Å²) in [5.74, 6) is 0. The fraction of sp³-hybridized carbons (Fsp3) is 0.0455. The maximum atomic E-state index is 6.42. The van der Waals surface area contributed by atoms with Gasteiger partial charge in [-0.25, -0.2) is 4.98 Å². The van der Waals surface area contributed by atoms with Crippen molar-refractivity contribution in [1.29, 1.82) is 0 Å². The van der Waals surface area contributed by atoms with Gasteiger partial charge in [0.25, 0.3) is 0 Å². The number of imidazole rings is 1. The van der Waals surface area contributed by atoms with Gasteiger partial charge < -0.3 is 4.57 Å². The number of benzene rings is 3. The normalized spacial score (nSPS) is 10.8. The molecule has 0 amide bonds. The average Bonchev–Trinajstić information content (AvgIpc) is 3.16. The average molecular weight is 379 g/mol. The fourth-order valence-corrected chi connectivity index (χ4v) is 3.46. The molecule has 1 aromatic heterocycles. The first-order valence-corrected chi connectivity index (χ1v) is 9.06. The Morgan fingerprint density at radius 2 is 1.62 bits per heavy atom. The van der Waals surface area contributed by atoms with Crippen molar-refractivity contribution in [2.75, 3.05) is 0 Å². The van der Waals surface area contributed by atoms with Crippen LogP contribution in [0.3, 0.4) is 0 Å². The van der Waals surface area contributed by atoms with Crippen molar-refractivity contribution in [3.8, 4) is 22.3 Å². The summed E-state index contributed by atoms with van der Waals surface area (Å²) in [6, 6.07) is 22.3. The minimum Gasteiger partial charge on any atom is -0.333 e. The molecular weight excluding hydrogens is 363 g/mol. The lowest BCUT2D eigenvalue weighted by Gasteiger charge is -2.13. The molecule has 3 aromatic carbocycles. The molecule has 0 atom stereocenters. The Hall–Kier alpha value is -2.55. The molecule has 2 nitrogen and oxygen atoms in total. The monoisotopic (exact) mass is 378 g/mol. The van der Waals surface area contributed by atoms with Gasteiger partial charge in [0.05, 0.1) is 6.33 Å². The highest BCUT2D eigenvalue weighted by molar-refractivity contribution is 6.34. The Bertz CT molecular complexity index is 1020. The van der Waals surface area contributed by atoms with Gasteiger partial charge in [0.15, 0.2) is 0 Å². The Balaban J connectivity index is 1.73. The molecule has 0 saturated heterocycles. The third kappa shape index (κ3) is 3.52. The highest BCUT2D eigenvalue weighted by Crippen LogP contribution is 2.37. The fourth-order valence-electron chi connectivity index (χ4n) is 3.05. The molecule has 0 radical (unpaired) electrons. The van der Waals surface area contributed by atoms with Gasteiger partial charge in [0.1, 0.15) is 0 Å². The number of nitrogens with zero attached hydrogens (tertiary/aromatic N) is 2. The highest BCUT2D eigenvalue weighted by atomic mass is 35.5. The van der Waals surface area contributed by atoms with Crippen molar-refractivity contribution in [2.45, 2.75) is 6.54 Å². The molecule has 0 unspecified atom stereocenters. The van der Waals surface area contributed by atoms with Crippen LogP contribution in [0.25, 0.3) is 22.3 Å². The Kier molecular flexibility index (Phi) is 4.79. The quantitative estimate of drug-likeness (QED) is 0.392. The Morgan fingerprint density at radius 1 is 0.808 bits per heavy atom. The molecule has 0 spiro atoms. The SMILES string of the molecule is Clc1ccc(-c2ccc(Cn3ccnc3)cc2)c(-c2ccccc2Cl)c1. The van der Waals surface area contributed by atoms with Crippen LogP contribution in [0.15, 0.2) is 85.5 Å². The van der Waals surface area contributed by atoms with Crippen molar-refractivity contribution in [3.63, 3.8) is 0 Å². The lowest BCUT2D eigenvalue weighted by molar-refractivity contribution is 0.797. The molecule has 128 valence electrons. The second kappa shape index (κ2) is 7.36. The molecule has 4 rings (SSSR count). The molecule has 0 aliphatic rings. The van der Waals surface area contributed by atoms with Crippen LogP contribution in [0.1, 0.15) is 5.56 Å².